The first-order valence-corrected chi connectivity index (χ1v) is 8.81. The van der Waals surface area contributed by atoms with E-state index >= 15 is 0 Å². The molecule has 0 amide bonds. The number of ether oxygens (including phenoxy) is 1. The Labute approximate surface area is 117 Å². The number of hydrogen-bond donors (Lipinski definition) is 1. The fourth-order valence-electron chi connectivity index (χ4n) is 3.25. The van der Waals surface area contributed by atoms with Gasteiger partial charge in [0, 0.05) is 12.6 Å². The Hall–Kier alpha value is 0.270. The van der Waals surface area contributed by atoms with Crippen molar-refractivity contribution >= 4 is 11.8 Å². The maximum Gasteiger partial charge on any atom is 0.0700 e. The second-order valence-electron chi connectivity index (χ2n) is 6.25. The van der Waals surface area contributed by atoms with E-state index in [0.29, 0.717) is 6.04 Å². The first-order valence-electron chi connectivity index (χ1n) is 7.65. The van der Waals surface area contributed by atoms with E-state index in [1.54, 1.807) is 0 Å². The molecule has 1 unspecified atom stereocenters. The van der Waals surface area contributed by atoms with Crippen LogP contribution >= 0.6 is 11.8 Å². The van der Waals surface area contributed by atoms with Crippen LogP contribution in [0.1, 0.15) is 52.4 Å². The van der Waals surface area contributed by atoms with Gasteiger partial charge in [-0.25, -0.2) is 0 Å². The smallest absolute Gasteiger partial charge is 0.0700 e. The molecule has 2 fully saturated rings. The Balaban J connectivity index is 1.69. The molecule has 0 aliphatic carbocycles. The summed E-state index contributed by atoms with van der Waals surface area (Å²) in [6.45, 7) is 6.64. The highest BCUT2D eigenvalue weighted by Gasteiger charge is 2.38. The summed E-state index contributed by atoms with van der Waals surface area (Å²) in [7, 11) is 0. The zero-order chi connectivity index (χ0) is 12.8. The molecule has 1 N–H and O–H groups in total. The van der Waals surface area contributed by atoms with Crippen molar-refractivity contribution in [3.8, 4) is 0 Å². The molecule has 1 atom stereocenters. The molecule has 18 heavy (non-hydrogen) atoms. The Bertz CT molecular complexity index is 233. The van der Waals surface area contributed by atoms with Crippen LogP contribution in [0.15, 0.2) is 0 Å². The minimum Gasteiger partial charge on any atom is -0.375 e. The van der Waals surface area contributed by atoms with Gasteiger partial charge in [-0.1, -0.05) is 13.8 Å². The Morgan fingerprint density at radius 1 is 1.33 bits per heavy atom. The molecule has 0 radical (unpaired) electrons. The lowest BCUT2D eigenvalue weighted by Gasteiger charge is -2.43. The number of hydrogen-bond acceptors (Lipinski definition) is 3. The van der Waals surface area contributed by atoms with E-state index in [9.17, 15) is 0 Å². The van der Waals surface area contributed by atoms with Crippen LogP contribution in [0, 0.1) is 5.92 Å². The van der Waals surface area contributed by atoms with E-state index in [2.05, 4.69) is 30.9 Å². The van der Waals surface area contributed by atoms with Crippen LogP contribution in [-0.4, -0.2) is 36.3 Å². The monoisotopic (exact) mass is 271 g/mol. The van der Waals surface area contributed by atoms with E-state index in [1.165, 1.54) is 56.6 Å². The van der Waals surface area contributed by atoms with Crippen LogP contribution in [0.2, 0.25) is 0 Å². The van der Waals surface area contributed by atoms with Gasteiger partial charge in [0.2, 0.25) is 0 Å². The van der Waals surface area contributed by atoms with E-state index in [1.807, 2.05) is 0 Å². The predicted molar refractivity (Wildman–Crippen MR) is 80.3 cm³/mol. The van der Waals surface area contributed by atoms with E-state index < -0.39 is 0 Å². The largest absolute Gasteiger partial charge is 0.375 e. The molecule has 2 nitrogen and oxygen atoms in total. The lowest BCUT2D eigenvalue weighted by molar-refractivity contribution is -0.103. The summed E-state index contributed by atoms with van der Waals surface area (Å²) in [5.41, 5.74) is 0.277. The van der Waals surface area contributed by atoms with Crippen LogP contribution in [0.25, 0.3) is 0 Å². The van der Waals surface area contributed by atoms with Gasteiger partial charge in [0.05, 0.1) is 5.60 Å². The van der Waals surface area contributed by atoms with Crippen molar-refractivity contribution < 1.29 is 4.74 Å². The van der Waals surface area contributed by atoms with Gasteiger partial charge in [-0.05, 0) is 62.5 Å². The van der Waals surface area contributed by atoms with Crippen molar-refractivity contribution in [1.29, 1.82) is 0 Å². The van der Waals surface area contributed by atoms with Gasteiger partial charge in [-0.3, -0.25) is 0 Å². The van der Waals surface area contributed by atoms with Crippen molar-refractivity contribution in [2.75, 3.05) is 24.7 Å². The average molecular weight is 271 g/mol. The van der Waals surface area contributed by atoms with Gasteiger partial charge in [0.15, 0.2) is 0 Å². The lowest BCUT2D eigenvalue weighted by Crippen LogP contribution is -2.42. The molecule has 0 aromatic rings. The third-order valence-electron chi connectivity index (χ3n) is 4.34. The second kappa shape index (κ2) is 7.16. The lowest BCUT2D eigenvalue weighted by atomic mass is 9.80. The molecule has 106 valence electrons. The number of rotatable bonds is 5. The predicted octanol–water partition coefficient (Wildman–Crippen LogP) is 3.46. The molecular formula is C15H29NOS. The highest BCUT2D eigenvalue weighted by molar-refractivity contribution is 7.99. The number of nitrogens with one attached hydrogen (secondary N) is 1. The molecule has 0 bridgehead atoms. The van der Waals surface area contributed by atoms with Crippen molar-refractivity contribution in [3.63, 3.8) is 0 Å². The highest BCUT2D eigenvalue weighted by Crippen LogP contribution is 2.40. The van der Waals surface area contributed by atoms with Crippen LogP contribution in [0.5, 0.6) is 0 Å². The summed E-state index contributed by atoms with van der Waals surface area (Å²) in [6, 6.07) is 0.626. The summed E-state index contributed by atoms with van der Waals surface area (Å²) in [5.74, 6) is 3.53. The van der Waals surface area contributed by atoms with Gasteiger partial charge >= 0.3 is 0 Å². The fourth-order valence-corrected chi connectivity index (χ4v) is 4.49. The third-order valence-corrected chi connectivity index (χ3v) is 5.33. The topological polar surface area (TPSA) is 21.3 Å². The molecule has 2 saturated heterocycles. The maximum atomic E-state index is 6.15. The van der Waals surface area contributed by atoms with Crippen molar-refractivity contribution in [2.45, 2.75) is 64.0 Å². The summed E-state index contributed by atoms with van der Waals surface area (Å²) >= 11 is 2.10. The zero-order valence-corrected chi connectivity index (χ0v) is 12.9. The summed E-state index contributed by atoms with van der Waals surface area (Å²) in [5, 5.41) is 3.52. The first-order chi connectivity index (χ1) is 8.70. The summed E-state index contributed by atoms with van der Waals surface area (Å²) in [4.78, 5) is 0. The quantitative estimate of drug-likeness (QED) is 0.774. The van der Waals surface area contributed by atoms with Gasteiger partial charge in [-0.2, -0.15) is 11.8 Å². The highest BCUT2D eigenvalue weighted by atomic mass is 32.2. The van der Waals surface area contributed by atoms with Gasteiger partial charge in [-0.15, -0.1) is 0 Å². The molecule has 2 aliphatic rings. The molecule has 0 aromatic carbocycles. The molecule has 2 heterocycles. The van der Waals surface area contributed by atoms with Crippen LogP contribution in [0.4, 0.5) is 0 Å². The summed E-state index contributed by atoms with van der Waals surface area (Å²) < 4.78 is 6.15. The SMILES string of the molecule is CC(C)NCCCC1CCOC2(CCSCC2)C1. The van der Waals surface area contributed by atoms with Crippen LogP contribution in [-0.2, 0) is 4.74 Å². The Morgan fingerprint density at radius 3 is 2.83 bits per heavy atom. The molecule has 3 heteroatoms. The standard InChI is InChI=1S/C15H29NOS/c1-13(2)16-8-3-4-14-5-9-17-15(12-14)6-10-18-11-7-15/h13-14,16H,3-12H2,1-2H3. The maximum absolute atomic E-state index is 6.15. The van der Waals surface area contributed by atoms with Crippen LogP contribution < -0.4 is 5.32 Å². The van der Waals surface area contributed by atoms with Crippen molar-refractivity contribution in [2.24, 2.45) is 5.92 Å². The molecule has 2 aliphatic heterocycles. The van der Waals surface area contributed by atoms with Gasteiger partial charge in [0.1, 0.15) is 0 Å². The van der Waals surface area contributed by atoms with Gasteiger partial charge in [0.25, 0.3) is 0 Å². The van der Waals surface area contributed by atoms with Crippen LogP contribution in [0.3, 0.4) is 0 Å². The molecule has 1 spiro atoms. The molecule has 0 saturated carbocycles. The average Bonchev–Trinajstić information content (AvgIpc) is 2.36. The molecule has 2 rings (SSSR count). The van der Waals surface area contributed by atoms with Crippen molar-refractivity contribution in [3.05, 3.63) is 0 Å². The van der Waals surface area contributed by atoms with E-state index in [-0.39, 0.29) is 5.60 Å². The van der Waals surface area contributed by atoms with E-state index in [0.717, 1.165) is 12.5 Å². The minimum atomic E-state index is 0.277. The van der Waals surface area contributed by atoms with Crippen molar-refractivity contribution in [1.82, 2.24) is 5.32 Å². The number of thioether (sulfide) groups is 1. The zero-order valence-electron chi connectivity index (χ0n) is 12.0. The molecule has 0 aromatic heterocycles. The molecular weight excluding hydrogens is 242 g/mol. The normalized spacial score (nSPS) is 27.8. The minimum absolute atomic E-state index is 0.277. The Kier molecular flexibility index (Phi) is 5.84. The summed E-state index contributed by atoms with van der Waals surface area (Å²) in [6.07, 6.45) is 7.91. The van der Waals surface area contributed by atoms with E-state index in [4.69, 9.17) is 4.74 Å². The second-order valence-corrected chi connectivity index (χ2v) is 7.48. The fraction of sp³-hybridized carbons (Fsp3) is 1.00. The van der Waals surface area contributed by atoms with Gasteiger partial charge < -0.3 is 10.1 Å². The third kappa shape index (κ3) is 4.43. The Morgan fingerprint density at radius 2 is 2.11 bits per heavy atom. The first kappa shape index (κ1) is 14.7.